The first kappa shape index (κ1) is 12.3. The standard InChI is InChI=1S/C12H20O/c1-2-3-4-5-6-7-8-9-10-11-12-13/h6-7,13H,2-3,8-12H2,1H3/b7-6+. The molecule has 0 amide bonds. The summed E-state index contributed by atoms with van der Waals surface area (Å²) in [6.07, 6.45) is 10.5. The Hall–Kier alpha value is -0.740. The Labute approximate surface area is 81.9 Å². The summed E-state index contributed by atoms with van der Waals surface area (Å²) < 4.78 is 0. The minimum atomic E-state index is 0.319. The highest BCUT2D eigenvalue weighted by atomic mass is 16.2. The van der Waals surface area contributed by atoms with Crippen LogP contribution < -0.4 is 0 Å². The van der Waals surface area contributed by atoms with Crippen molar-refractivity contribution in [2.75, 3.05) is 6.61 Å². The van der Waals surface area contributed by atoms with Gasteiger partial charge in [0.1, 0.15) is 0 Å². The molecular formula is C12H20O. The number of aliphatic hydroxyl groups is 1. The van der Waals surface area contributed by atoms with Gasteiger partial charge in [0.25, 0.3) is 0 Å². The number of allylic oxidation sites excluding steroid dienone is 2. The number of rotatable bonds is 6. The topological polar surface area (TPSA) is 20.2 Å². The van der Waals surface area contributed by atoms with E-state index in [-0.39, 0.29) is 0 Å². The van der Waals surface area contributed by atoms with Gasteiger partial charge in [0.2, 0.25) is 0 Å². The number of hydrogen-bond acceptors (Lipinski definition) is 1. The smallest absolute Gasteiger partial charge is 0.0431 e. The van der Waals surface area contributed by atoms with Gasteiger partial charge in [-0.2, -0.15) is 0 Å². The maximum absolute atomic E-state index is 8.53. The fraction of sp³-hybridized carbons (Fsp3) is 0.667. The Kier molecular flexibility index (Phi) is 10.6. The van der Waals surface area contributed by atoms with Crippen LogP contribution in [0.4, 0.5) is 0 Å². The lowest BCUT2D eigenvalue weighted by Crippen LogP contribution is -1.81. The normalized spacial score (nSPS) is 10.0. The fourth-order valence-corrected chi connectivity index (χ4v) is 0.949. The monoisotopic (exact) mass is 180 g/mol. The van der Waals surface area contributed by atoms with E-state index < -0.39 is 0 Å². The van der Waals surface area contributed by atoms with E-state index in [1.54, 1.807) is 0 Å². The van der Waals surface area contributed by atoms with Crippen LogP contribution in [0.25, 0.3) is 0 Å². The van der Waals surface area contributed by atoms with Gasteiger partial charge in [-0.05, 0) is 31.8 Å². The van der Waals surface area contributed by atoms with Gasteiger partial charge in [-0.15, -0.1) is 0 Å². The van der Waals surface area contributed by atoms with E-state index in [1.165, 1.54) is 0 Å². The zero-order valence-corrected chi connectivity index (χ0v) is 8.55. The number of aliphatic hydroxyl groups excluding tert-OH is 1. The summed E-state index contributed by atoms with van der Waals surface area (Å²) in [6.45, 7) is 2.45. The van der Waals surface area contributed by atoms with Crippen LogP contribution in [0.3, 0.4) is 0 Å². The first-order chi connectivity index (χ1) is 6.41. The lowest BCUT2D eigenvalue weighted by Gasteiger charge is -1.92. The number of hydrogen-bond donors (Lipinski definition) is 1. The van der Waals surface area contributed by atoms with Gasteiger partial charge in [0, 0.05) is 13.0 Å². The van der Waals surface area contributed by atoms with Crippen LogP contribution in [-0.4, -0.2) is 11.7 Å². The molecule has 0 aromatic rings. The molecule has 0 radical (unpaired) electrons. The van der Waals surface area contributed by atoms with Crippen LogP contribution >= 0.6 is 0 Å². The summed E-state index contributed by atoms with van der Waals surface area (Å²) >= 11 is 0. The molecule has 13 heavy (non-hydrogen) atoms. The maximum Gasteiger partial charge on any atom is 0.0431 e. The highest BCUT2D eigenvalue weighted by molar-refractivity contribution is 5.14. The molecule has 1 nitrogen and oxygen atoms in total. The average molecular weight is 180 g/mol. The zero-order valence-electron chi connectivity index (χ0n) is 8.55. The van der Waals surface area contributed by atoms with Crippen LogP contribution in [0.2, 0.25) is 0 Å². The van der Waals surface area contributed by atoms with E-state index in [0.29, 0.717) is 6.61 Å². The highest BCUT2D eigenvalue weighted by Gasteiger charge is 1.83. The third-order valence-corrected chi connectivity index (χ3v) is 1.71. The summed E-state index contributed by atoms with van der Waals surface area (Å²) in [6, 6.07) is 0. The van der Waals surface area contributed by atoms with Crippen molar-refractivity contribution in [3.8, 4) is 11.8 Å². The molecule has 0 rings (SSSR count). The van der Waals surface area contributed by atoms with Crippen molar-refractivity contribution >= 4 is 0 Å². The minimum Gasteiger partial charge on any atom is -0.396 e. The first-order valence-corrected chi connectivity index (χ1v) is 5.16. The predicted molar refractivity (Wildman–Crippen MR) is 57.4 cm³/mol. The molecule has 0 bridgehead atoms. The van der Waals surface area contributed by atoms with E-state index in [4.69, 9.17) is 5.11 Å². The summed E-state index contributed by atoms with van der Waals surface area (Å²) in [5.74, 6) is 6.06. The molecule has 1 N–H and O–H groups in total. The third-order valence-electron chi connectivity index (χ3n) is 1.71. The molecular weight excluding hydrogens is 160 g/mol. The molecule has 0 aliphatic heterocycles. The highest BCUT2D eigenvalue weighted by Crippen LogP contribution is 1.99. The van der Waals surface area contributed by atoms with Gasteiger partial charge >= 0.3 is 0 Å². The Morgan fingerprint density at radius 3 is 2.77 bits per heavy atom. The molecule has 0 saturated heterocycles. The van der Waals surface area contributed by atoms with Gasteiger partial charge in [-0.3, -0.25) is 0 Å². The van der Waals surface area contributed by atoms with E-state index in [9.17, 15) is 0 Å². The lowest BCUT2D eigenvalue weighted by atomic mass is 10.2. The van der Waals surface area contributed by atoms with Crippen LogP contribution in [0.5, 0.6) is 0 Å². The molecule has 0 aliphatic carbocycles. The molecule has 0 spiro atoms. The quantitative estimate of drug-likeness (QED) is 0.492. The predicted octanol–water partition coefficient (Wildman–Crippen LogP) is 2.90. The Bertz CT molecular complexity index is 171. The lowest BCUT2D eigenvalue weighted by molar-refractivity contribution is 0.283. The summed E-state index contributed by atoms with van der Waals surface area (Å²) in [5, 5.41) is 8.53. The van der Waals surface area contributed by atoms with Crippen molar-refractivity contribution in [1.29, 1.82) is 0 Å². The van der Waals surface area contributed by atoms with Crippen LogP contribution in [0, 0.1) is 11.8 Å². The van der Waals surface area contributed by atoms with Crippen LogP contribution in [-0.2, 0) is 0 Å². The maximum atomic E-state index is 8.53. The largest absolute Gasteiger partial charge is 0.396 e. The van der Waals surface area contributed by atoms with Crippen LogP contribution in [0.1, 0.15) is 45.4 Å². The van der Waals surface area contributed by atoms with Crippen molar-refractivity contribution in [2.24, 2.45) is 0 Å². The van der Waals surface area contributed by atoms with Crippen molar-refractivity contribution in [2.45, 2.75) is 45.4 Å². The van der Waals surface area contributed by atoms with Crippen molar-refractivity contribution in [3.05, 3.63) is 12.2 Å². The number of unbranched alkanes of at least 4 members (excludes halogenated alkanes) is 4. The summed E-state index contributed by atoms with van der Waals surface area (Å²) in [5.41, 5.74) is 0. The molecule has 0 saturated carbocycles. The molecule has 0 aromatic carbocycles. The van der Waals surface area contributed by atoms with Gasteiger partial charge < -0.3 is 5.11 Å². The summed E-state index contributed by atoms with van der Waals surface area (Å²) in [7, 11) is 0. The molecule has 1 heteroatoms. The molecule has 0 unspecified atom stereocenters. The second kappa shape index (κ2) is 11.3. The Morgan fingerprint density at radius 2 is 2.08 bits per heavy atom. The molecule has 0 atom stereocenters. The fourth-order valence-electron chi connectivity index (χ4n) is 0.949. The Morgan fingerprint density at radius 1 is 1.23 bits per heavy atom. The van der Waals surface area contributed by atoms with E-state index in [1.807, 2.05) is 6.08 Å². The Balaban J connectivity index is 3.18. The molecule has 0 heterocycles. The first-order valence-electron chi connectivity index (χ1n) is 5.16. The zero-order chi connectivity index (χ0) is 9.78. The molecule has 0 aliphatic rings. The molecule has 0 fully saturated rings. The minimum absolute atomic E-state index is 0.319. The van der Waals surface area contributed by atoms with Gasteiger partial charge in [-0.1, -0.05) is 31.3 Å². The van der Waals surface area contributed by atoms with Gasteiger partial charge in [0.05, 0.1) is 0 Å². The summed E-state index contributed by atoms with van der Waals surface area (Å²) in [4.78, 5) is 0. The van der Waals surface area contributed by atoms with Crippen LogP contribution in [0.15, 0.2) is 12.2 Å². The van der Waals surface area contributed by atoms with E-state index in [2.05, 4.69) is 24.8 Å². The second-order valence-electron chi connectivity index (χ2n) is 3.05. The van der Waals surface area contributed by atoms with Crippen molar-refractivity contribution in [1.82, 2.24) is 0 Å². The molecule has 74 valence electrons. The third kappa shape index (κ3) is 11.3. The average Bonchev–Trinajstić information content (AvgIpc) is 2.16. The van der Waals surface area contributed by atoms with E-state index in [0.717, 1.165) is 38.5 Å². The van der Waals surface area contributed by atoms with Crippen molar-refractivity contribution < 1.29 is 5.11 Å². The van der Waals surface area contributed by atoms with E-state index >= 15 is 0 Å². The van der Waals surface area contributed by atoms with Gasteiger partial charge in [0.15, 0.2) is 0 Å². The van der Waals surface area contributed by atoms with Gasteiger partial charge in [-0.25, -0.2) is 0 Å². The second-order valence-corrected chi connectivity index (χ2v) is 3.05. The SMILES string of the molecule is CCCC#C/C=C/CCCCCO. The molecule has 0 aromatic heterocycles. The van der Waals surface area contributed by atoms with Crippen molar-refractivity contribution in [3.63, 3.8) is 0 Å².